The maximum absolute atomic E-state index is 12.0. The van der Waals surface area contributed by atoms with Gasteiger partial charge in [-0.15, -0.1) is 0 Å². The molecule has 0 saturated carbocycles. The number of hydrogen-bond acceptors (Lipinski definition) is 1. The van der Waals surface area contributed by atoms with Crippen molar-refractivity contribution in [3.8, 4) is 0 Å². The molecule has 1 heterocycles. The second-order valence-electron chi connectivity index (χ2n) is 3.77. The van der Waals surface area contributed by atoms with E-state index in [1.54, 1.807) is 0 Å². The van der Waals surface area contributed by atoms with Gasteiger partial charge in [-0.25, -0.2) is 0 Å². The summed E-state index contributed by atoms with van der Waals surface area (Å²) in [7, 11) is 0. The van der Waals surface area contributed by atoms with Crippen molar-refractivity contribution in [2.75, 3.05) is 19.6 Å². The molecule has 0 bridgehead atoms. The molecule has 1 saturated heterocycles. The highest BCUT2D eigenvalue weighted by Crippen LogP contribution is 2.23. The van der Waals surface area contributed by atoms with E-state index in [0.717, 1.165) is 19.3 Å². The minimum atomic E-state index is -4.03. The molecular weight excluding hydrogens is 179 g/mol. The maximum atomic E-state index is 12.0. The Bertz CT molecular complexity index is 155. The highest BCUT2D eigenvalue weighted by molar-refractivity contribution is 4.73. The van der Waals surface area contributed by atoms with Gasteiger partial charge in [0.2, 0.25) is 0 Å². The van der Waals surface area contributed by atoms with Crippen molar-refractivity contribution in [2.45, 2.75) is 32.4 Å². The Balaban J connectivity index is 2.34. The van der Waals surface area contributed by atoms with Crippen LogP contribution in [0, 0.1) is 5.92 Å². The number of likely N-dealkylation sites (tertiary alicyclic amines) is 1. The minimum absolute atomic E-state index is 0.469. The smallest absolute Gasteiger partial charge is 0.295 e. The predicted octanol–water partition coefficient (Wildman–Crippen LogP) is 2.67. The fourth-order valence-corrected chi connectivity index (χ4v) is 1.88. The molecule has 0 aliphatic carbocycles. The molecule has 0 N–H and O–H groups in total. The third kappa shape index (κ3) is 3.98. The molecule has 4 heteroatoms. The summed E-state index contributed by atoms with van der Waals surface area (Å²) in [6, 6.07) is 0. The Labute approximate surface area is 76.9 Å². The van der Waals surface area contributed by atoms with Crippen molar-refractivity contribution < 1.29 is 13.2 Å². The van der Waals surface area contributed by atoms with Crippen LogP contribution < -0.4 is 0 Å². The van der Waals surface area contributed by atoms with E-state index >= 15 is 0 Å². The van der Waals surface area contributed by atoms with Gasteiger partial charge in [0, 0.05) is 6.54 Å². The molecule has 78 valence electrons. The Kier molecular flexibility index (Phi) is 3.59. The van der Waals surface area contributed by atoms with E-state index in [9.17, 15) is 13.2 Å². The number of alkyl halides is 3. The van der Waals surface area contributed by atoms with E-state index in [4.69, 9.17) is 0 Å². The molecule has 1 aliphatic rings. The average molecular weight is 195 g/mol. The first-order valence-electron chi connectivity index (χ1n) is 4.80. The van der Waals surface area contributed by atoms with Crippen LogP contribution in [0.15, 0.2) is 0 Å². The van der Waals surface area contributed by atoms with Gasteiger partial charge in [-0.2, -0.15) is 13.2 Å². The van der Waals surface area contributed by atoms with Crippen molar-refractivity contribution in [3.63, 3.8) is 0 Å². The normalized spacial score (nSPS) is 26.3. The quantitative estimate of drug-likeness (QED) is 0.654. The van der Waals surface area contributed by atoms with Gasteiger partial charge in [0.15, 0.2) is 0 Å². The third-order valence-electron chi connectivity index (χ3n) is 2.58. The molecule has 0 aromatic carbocycles. The summed E-state index contributed by atoms with van der Waals surface area (Å²) in [5, 5.41) is 0. The van der Waals surface area contributed by atoms with Gasteiger partial charge in [-0.1, -0.05) is 13.3 Å². The summed E-state index contributed by atoms with van der Waals surface area (Å²) in [4.78, 5) is 1.53. The summed E-state index contributed by atoms with van der Waals surface area (Å²) in [6.45, 7) is 2.54. The highest BCUT2D eigenvalue weighted by Gasteiger charge is 2.32. The molecular formula is C9H16F3N. The SMILES string of the molecule is CC[C@H]1CCCN(CC(F)(F)F)C1. The van der Waals surface area contributed by atoms with Gasteiger partial charge in [0.05, 0.1) is 6.54 Å². The van der Waals surface area contributed by atoms with Gasteiger partial charge < -0.3 is 0 Å². The van der Waals surface area contributed by atoms with Crippen LogP contribution >= 0.6 is 0 Å². The highest BCUT2D eigenvalue weighted by atomic mass is 19.4. The molecule has 1 atom stereocenters. The van der Waals surface area contributed by atoms with Crippen molar-refractivity contribution in [3.05, 3.63) is 0 Å². The minimum Gasteiger partial charge on any atom is -0.295 e. The number of nitrogens with zero attached hydrogens (tertiary/aromatic N) is 1. The topological polar surface area (TPSA) is 3.24 Å². The van der Waals surface area contributed by atoms with Crippen molar-refractivity contribution in [2.24, 2.45) is 5.92 Å². The van der Waals surface area contributed by atoms with E-state index in [1.165, 1.54) is 4.90 Å². The molecule has 0 aromatic rings. The van der Waals surface area contributed by atoms with E-state index in [1.807, 2.05) is 6.92 Å². The molecule has 0 unspecified atom stereocenters. The predicted molar refractivity (Wildman–Crippen MR) is 45.5 cm³/mol. The van der Waals surface area contributed by atoms with Crippen LogP contribution in [0.25, 0.3) is 0 Å². The van der Waals surface area contributed by atoms with Crippen LogP contribution in [0.3, 0.4) is 0 Å². The van der Waals surface area contributed by atoms with Crippen LogP contribution in [-0.2, 0) is 0 Å². The molecule has 0 amide bonds. The summed E-state index contributed by atoms with van der Waals surface area (Å²) >= 11 is 0. The van der Waals surface area contributed by atoms with Gasteiger partial charge in [0.25, 0.3) is 0 Å². The molecule has 0 aromatic heterocycles. The number of piperidine rings is 1. The fourth-order valence-electron chi connectivity index (χ4n) is 1.88. The first kappa shape index (κ1) is 10.8. The van der Waals surface area contributed by atoms with E-state index in [-0.39, 0.29) is 0 Å². The molecule has 0 spiro atoms. The van der Waals surface area contributed by atoms with Gasteiger partial charge in [-0.3, -0.25) is 4.90 Å². The summed E-state index contributed by atoms with van der Waals surface area (Å²) < 4.78 is 36.1. The number of hydrogen-bond donors (Lipinski definition) is 0. The molecule has 13 heavy (non-hydrogen) atoms. The average Bonchev–Trinajstić information content (AvgIpc) is 2.01. The van der Waals surface area contributed by atoms with Crippen molar-refractivity contribution in [1.82, 2.24) is 4.90 Å². The third-order valence-corrected chi connectivity index (χ3v) is 2.58. The Morgan fingerprint density at radius 3 is 2.62 bits per heavy atom. The summed E-state index contributed by atoms with van der Waals surface area (Å²) in [5.74, 6) is 0.469. The Morgan fingerprint density at radius 1 is 1.38 bits per heavy atom. The monoisotopic (exact) mass is 195 g/mol. The van der Waals surface area contributed by atoms with E-state index in [2.05, 4.69) is 0 Å². The number of rotatable bonds is 2. The second kappa shape index (κ2) is 4.31. The lowest BCUT2D eigenvalue weighted by Gasteiger charge is -2.32. The maximum Gasteiger partial charge on any atom is 0.401 e. The van der Waals surface area contributed by atoms with Crippen LogP contribution in [-0.4, -0.2) is 30.7 Å². The van der Waals surface area contributed by atoms with Crippen LogP contribution in [0.5, 0.6) is 0 Å². The lowest BCUT2D eigenvalue weighted by Crippen LogP contribution is -2.41. The molecule has 1 fully saturated rings. The Hall–Kier alpha value is -0.250. The zero-order valence-electron chi connectivity index (χ0n) is 7.90. The van der Waals surface area contributed by atoms with Gasteiger partial charge in [0.1, 0.15) is 0 Å². The molecule has 1 aliphatic heterocycles. The number of halogens is 3. The van der Waals surface area contributed by atoms with Crippen molar-refractivity contribution >= 4 is 0 Å². The first-order chi connectivity index (χ1) is 6.01. The van der Waals surface area contributed by atoms with E-state index < -0.39 is 12.7 Å². The Morgan fingerprint density at radius 2 is 2.08 bits per heavy atom. The van der Waals surface area contributed by atoms with Crippen molar-refractivity contribution in [1.29, 1.82) is 0 Å². The zero-order chi connectivity index (χ0) is 9.90. The van der Waals surface area contributed by atoms with E-state index in [0.29, 0.717) is 19.0 Å². The second-order valence-corrected chi connectivity index (χ2v) is 3.77. The van der Waals surface area contributed by atoms with Crippen LogP contribution in [0.1, 0.15) is 26.2 Å². The van der Waals surface area contributed by atoms with Gasteiger partial charge >= 0.3 is 6.18 Å². The largest absolute Gasteiger partial charge is 0.401 e. The molecule has 1 nitrogen and oxygen atoms in total. The lowest BCUT2D eigenvalue weighted by molar-refractivity contribution is -0.149. The van der Waals surface area contributed by atoms with Crippen LogP contribution in [0.2, 0.25) is 0 Å². The summed E-state index contributed by atoms with van der Waals surface area (Å²) in [6.07, 6.45) is -1.04. The first-order valence-corrected chi connectivity index (χ1v) is 4.80. The summed E-state index contributed by atoms with van der Waals surface area (Å²) in [5.41, 5.74) is 0. The molecule has 1 rings (SSSR count). The molecule has 0 radical (unpaired) electrons. The lowest BCUT2D eigenvalue weighted by atomic mass is 9.96. The fraction of sp³-hybridized carbons (Fsp3) is 1.00. The van der Waals surface area contributed by atoms with Crippen LogP contribution in [0.4, 0.5) is 13.2 Å². The van der Waals surface area contributed by atoms with Gasteiger partial charge in [-0.05, 0) is 25.3 Å². The standard InChI is InChI=1S/C9H16F3N/c1-2-8-4-3-5-13(6-8)7-9(10,11)12/h8H,2-7H2,1H3/t8-/m0/s1. The zero-order valence-corrected chi connectivity index (χ0v) is 7.90.